The van der Waals surface area contributed by atoms with Gasteiger partial charge in [0.15, 0.2) is 11.6 Å². The highest BCUT2D eigenvalue weighted by Gasteiger charge is 2.08. The van der Waals surface area contributed by atoms with Gasteiger partial charge in [0.25, 0.3) is 0 Å². The standard InChI is InChI=1S/C13H9BrClF2N/c14-10-6-9(15)4-5-12(10)18-7-8-2-1-3-11(16)13(8)17/h1-6,18H,7H2. The second-order valence-corrected chi connectivity index (χ2v) is 4.98. The Morgan fingerprint density at radius 3 is 2.67 bits per heavy atom. The third kappa shape index (κ3) is 3.00. The number of benzene rings is 2. The van der Waals surface area contributed by atoms with Crippen LogP contribution in [0.3, 0.4) is 0 Å². The molecule has 0 saturated heterocycles. The van der Waals surface area contributed by atoms with Crippen molar-refractivity contribution in [1.82, 2.24) is 0 Å². The van der Waals surface area contributed by atoms with Gasteiger partial charge in [-0.3, -0.25) is 0 Å². The Balaban J connectivity index is 2.14. The van der Waals surface area contributed by atoms with E-state index in [-0.39, 0.29) is 12.1 Å². The van der Waals surface area contributed by atoms with Crippen LogP contribution in [0.5, 0.6) is 0 Å². The van der Waals surface area contributed by atoms with E-state index in [1.165, 1.54) is 12.1 Å². The molecule has 2 aromatic rings. The minimum Gasteiger partial charge on any atom is -0.380 e. The van der Waals surface area contributed by atoms with Crippen molar-refractivity contribution in [3.8, 4) is 0 Å². The molecular formula is C13H9BrClF2N. The van der Waals surface area contributed by atoms with E-state index in [9.17, 15) is 8.78 Å². The summed E-state index contributed by atoms with van der Waals surface area (Å²) in [7, 11) is 0. The summed E-state index contributed by atoms with van der Waals surface area (Å²) >= 11 is 9.15. The first kappa shape index (κ1) is 13.3. The molecule has 0 saturated carbocycles. The summed E-state index contributed by atoms with van der Waals surface area (Å²) in [4.78, 5) is 0. The third-order valence-corrected chi connectivity index (χ3v) is 3.32. The fraction of sp³-hybridized carbons (Fsp3) is 0.0769. The first-order valence-corrected chi connectivity index (χ1v) is 6.37. The number of anilines is 1. The SMILES string of the molecule is Fc1cccc(CNc2ccc(Cl)cc2Br)c1F. The minimum absolute atomic E-state index is 0.198. The predicted molar refractivity (Wildman–Crippen MR) is 72.8 cm³/mol. The van der Waals surface area contributed by atoms with Gasteiger partial charge >= 0.3 is 0 Å². The molecule has 5 heteroatoms. The van der Waals surface area contributed by atoms with E-state index in [0.29, 0.717) is 5.02 Å². The van der Waals surface area contributed by atoms with Crippen molar-refractivity contribution in [3.63, 3.8) is 0 Å². The predicted octanol–water partition coefficient (Wildman–Crippen LogP) is 4.99. The van der Waals surface area contributed by atoms with Gasteiger partial charge in [0.2, 0.25) is 0 Å². The summed E-state index contributed by atoms with van der Waals surface area (Å²) in [6.07, 6.45) is 0. The van der Waals surface area contributed by atoms with Crippen molar-refractivity contribution >= 4 is 33.2 Å². The van der Waals surface area contributed by atoms with E-state index in [1.54, 1.807) is 18.2 Å². The summed E-state index contributed by atoms with van der Waals surface area (Å²) in [6, 6.07) is 9.32. The molecule has 2 rings (SSSR count). The van der Waals surface area contributed by atoms with Crippen molar-refractivity contribution < 1.29 is 8.78 Å². The maximum atomic E-state index is 13.4. The van der Waals surface area contributed by atoms with Crippen LogP contribution in [-0.2, 0) is 6.54 Å². The quantitative estimate of drug-likeness (QED) is 0.834. The smallest absolute Gasteiger partial charge is 0.163 e. The normalized spacial score (nSPS) is 10.4. The van der Waals surface area contributed by atoms with E-state index in [1.807, 2.05) is 0 Å². The van der Waals surface area contributed by atoms with Crippen molar-refractivity contribution in [3.05, 3.63) is 63.1 Å². The largest absolute Gasteiger partial charge is 0.380 e. The lowest BCUT2D eigenvalue weighted by atomic mass is 10.2. The van der Waals surface area contributed by atoms with Gasteiger partial charge in [-0.05, 0) is 40.2 Å². The molecule has 2 aromatic carbocycles. The topological polar surface area (TPSA) is 12.0 Å². The van der Waals surface area contributed by atoms with E-state index in [2.05, 4.69) is 21.2 Å². The zero-order valence-corrected chi connectivity index (χ0v) is 11.5. The van der Waals surface area contributed by atoms with E-state index in [4.69, 9.17) is 11.6 Å². The Bertz CT molecular complexity index is 575. The molecule has 0 aromatic heterocycles. The van der Waals surface area contributed by atoms with Crippen LogP contribution in [0.4, 0.5) is 14.5 Å². The third-order valence-electron chi connectivity index (χ3n) is 2.43. The Morgan fingerprint density at radius 1 is 1.17 bits per heavy atom. The van der Waals surface area contributed by atoms with E-state index in [0.717, 1.165) is 16.2 Å². The average Bonchev–Trinajstić information content (AvgIpc) is 2.33. The number of rotatable bonds is 3. The lowest BCUT2D eigenvalue weighted by Gasteiger charge is -2.09. The van der Waals surface area contributed by atoms with Gasteiger partial charge in [-0.15, -0.1) is 0 Å². The van der Waals surface area contributed by atoms with E-state index < -0.39 is 11.6 Å². The molecule has 0 amide bonds. The van der Waals surface area contributed by atoms with Gasteiger partial charge in [0.05, 0.1) is 0 Å². The Morgan fingerprint density at radius 2 is 1.94 bits per heavy atom. The van der Waals surface area contributed by atoms with Gasteiger partial charge in [0.1, 0.15) is 0 Å². The molecule has 0 spiro atoms. The Labute approximate surface area is 117 Å². The molecule has 0 aliphatic carbocycles. The molecular weight excluding hydrogens is 324 g/mol. The fourth-order valence-corrected chi connectivity index (χ4v) is 2.33. The Kier molecular flexibility index (Phi) is 4.19. The van der Waals surface area contributed by atoms with Gasteiger partial charge in [-0.25, -0.2) is 8.78 Å². The lowest BCUT2D eigenvalue weighted by molar-refractivity contribution is 0.500. The second kappa shape index (κ2) is 5.67. The molecule has 0 aliphatic rings. The summed E-state index contributed by atoms with van der Waals surface area (Å²) in [5.41, 5.74) is 1.04. The van der Waals surface area contributed by atoms with Gasteiger partial charge < -0.3 is 5.32 Å². The van der Waals surface area contributed by atoms with Crippen LogP contribution in [0.15, 0.2) is 40.9 Å². The molecule has 1 nitrogen and oxygen atoms in total. The molecule has 94 valence electrons. The van der Waals surface area contributed by atoms with Gasteiger partial charge in [0, 0.05) is 27.3 Å². The molecule has 0 unspecified atom stereocenters. The molecule has 18 heavy (non-hydrogen) atoms. The molecule has 0 heterocycles. The summed E-state index contributed by atoms with van der Waals surface area (Å²) in [5.74, 6) is -1.67. The maximum absolute atomic E-state index is 13.4. The molecule has 0 radical (unpaired) electrons. The monoisotopic (exact) mass is 331 g/mol. The van der Waals surface area contributed by atoms with Crippen LogP contribution >= 0.6 is 27.5 Å². The van der Waals surface area contributed by atoms with Crippen LogP contribution in [0.2, 0.25) is 5.02 Å². The fourth-order valence-electron chi connectivity index (χ4n) is 1.51. The summed E-state index contributed by atoms with van der Waals surface area (Å²) in [6.45, 7) is 0.198. The van der Waals surface area contributed by atoms with Crippen molar-refractivity contribution in [2.24, 2.45) is 0 Å². The maximum Gasteiger partial charge on any atom is 0.163 e. The number of halogens is 4. The first-order chi connectivity index (χ1) is 8.58. The molecule has 0 fully saturated rings. The van der Waals surface area contributed by atoms with E-state index >= 15 is 0 Å². The highest BCUT2D eigenvalue weighted by molar-refractivity contribution is 9.10. The zero-order chi connectivity index (χ0) is 13.1. The summed E-state index contributed by atoms with van der Waals surface area (Å²) in [5, 5.41) is 3.61. The summed E-state index contributed by atoms with van der Waals surface area (Å²) < 4.78 is 27.2. The Hall–Kier alpha value is -1.13. The highest BCUT2D eigenvalue weighted by atomic mass is 79.9. The van der Waals surface area contributed by atoms with Crippen LogP contribution < -0.4 is 5.32 Å². The van der Waals surface area contributed by atoms with Gasteiger partial charge in [-0.2, -0.15) is 0 Å². The molecule has 0 bridgehead atoms. The molecule has 1 N–H and O–H groups in total. The van der Waals surface area contributed by atoms with Crippen LogP contribution in [0, 0.1) is 11.6 Å². The molecule has 0 atom stereocenters. The van der Waals surface area contributed by atoms with Crippen LogP contribution in [0.1, 0.15) is 5.56 Å². The minimum atomic E-state index is -0.843. The van der Waals surface area contributed by atoms with Crippen molar-refractivity contribution in [2.45, 2.75) is 6.54 Å². The lowest BCUT2D eigenvalue weighted by Crippen LogP contribution is -2.03. The van der Waals surface area contributed by atoms with Crippen LogP contribution in [0.25, 0.3) is 0 Å². The van der Waals surface area contributed by atoms with Crippen molar-refractivity contribution in [2.75, 3.05) is 5.32 Å². The number of hydrogen-bond donors (Lipinski definition) is 1. The second-order valence-electron chi connectivity index (χ2n) is 3.69. The van der Waals surface area contributed by atoms with Crippen molar-refractivity contribution in [1.29, 1.82) is 0 Å². The highest BCUT2D eigenvalue weighted by Crippen LogP contribution is 2.26. The number of nitrogens with one attached hydrogen (secondary N) is 1. The molecule has 0 aliphatic heterocycles. The number of hydrogen-bond acceptors (Lipinski definition) is 1. The average molecular weight is 333 g/mol. The van der Waals surface area contributed by atoms with Crippen LogP contribution in [-0.4, -0.2) is 0 Å². The van der Waals surface area contributed by atoms with Gasteiger partial charge in [-0.1, -0.05) is 23.7 Å². The zero-order valence-electron chi connectivity index (χ0n) is 9.18. The first-order valence-electron chi connectivity index (χ1n) is 5.20.